The number of rotatable bonds is 1. The van der Waals surface area contributed by atoms with Gasteiger partial charge in [0.15, 0.2) is 0 Å². The summed E-state index contributed by atoms with van der Waals surface area (Å²) in [6.07, 6.45) is 2.87. The van der Waals surface area contributed by atoms with Gasteiger partial charge in [-0.15, -0.1) is 5.10 Å². The van der Waals surface area contributed by atoms with Crippen LogP contribution < -0.4 is 10.6 Å². The standard InChI is InChI=1S/C13H13N5O/c1-18-11-4-2-8(6-9(11)3-5-12(18)19)10-7-15-17-13(14)16-10/h2,4,6-7H,3,5H2,1H3,(H2,14,16,17). The SMILES string of the molecule is CN1C(=O)CCc2cc(-c3cnnc(N)n3)ccc21. The fourth-order valence-electron chi connectivity index (χ4n) is 2.27. The number of nitrogens with two attached hydrogens (primary N) is 1. The second-order valence-corrected chi connectivity index (χ2v) is 4.50. The van der Waals surface area contributed by atoms with Gasteiger partial charge in [0, 0.05) is 24.7 Å². The zero-order valence-electron chi connectivity index (χ0n) is 10.5. The van der Waals surface area contributed by atoms with E-state index in [-0.39, 0.29) is 11.9 Å². The number of nitrogens with zero attached hydrogens (tertiary/aromatic N) is 4. The minimum atomic E-state index is 0.146. The molecule has 3 rings (SSSR count). The Balaban J connectivity index is 2.05. The summed E-state index contributed by atoms with van der Waals surface area (Å²) in [6, 6.07) is 5.87. The summed E-state index contributed by atoms with van der Waals surface area (Å²) in [5, 5.41) is 7.44. The third kappa shape index (κ3) is 2.01. The number of anilines is 2. The molecule has 1 amide bonds. The molecule has 0 radical (unpaired) electrons. The second kappa shape index (κ2) is 4.31. The molecule has 0 unspecified atom stereocenters. The van der Waals surface area contributed by atoms with Gasteiger partial charge in [-0.2, -0.15) is 5.10 Å². The Morgan fingerprint density at radius 3 is 2.95 bits per heavy atom. The molecule has 0 aliphatic carbocycles. The van der Waals surface area contributed by atoms with Crippen molar-refractivity contribution in [3.05, 3.63) is 30.0 Å². The van der Waals surface area contributed by atoms with Gasteiger partial charge >= 0.3 is 0 Å². The highest BCUT2D eigenvalue weighted by molar-refractivity contribution is 5.96. The van der Waals surface area contributed by atoms with Crippen LogP contribution in [0.4, 0.5) is 11.6 Å². The molecule has 2 heterocycles. The van der Waals surface area contributed by atoms with Crippen molar-refractivity contribution in [3.63, 3.8) is 0 Å². The Morgan fingerprint density at radius 1 is 1.32 bits per heavy atom. The molecule has 0 saturated heterocycles. The quantitative estimate of drug-likeness (QED) is 0.822. The Morgan fingerprint density at radius 2 is 2.16 bits per heavy atom. The topological polar surface area (TPSA) is 85.0 Å². The maximum Gasteiger partial charge on any atom is 0.240 e. The van der Waals surface area contributed by atoms with Crippen molar-refractivity contribution in [2.45, 2.75) is 12.8 Å². The Labute approximate surface area is 110 Å². The van der Waals surface area contributed by atoms with E-state index in [0.717, 1.165) is 23.2 Å². The number of aromatic nitrogens is 3. The van der Waals surface area contributed by atoms with Crippen molar-refractivity contribution >= 4 is 17.5 Å². The van der Waals surface area contributed by atoms with Crippen molar-refractivity contribution in [2.75, 3.05) is 17.7 Å². The zero-order valence-corrected chi connectivity index (χ0v) is 10.5. The molecule has 0 atom stereocenters. The monoisotopic (exact) mass is 255 g/mol. The molecular formula is C13H13N5O. The van der Waals surface area contributed by atoms with Gasteiger partial charge < -0.3 is 10.6 Å². The summed E-state index contributed by atoms with van der Waals surface area (Å²) in [6.45, 7) is 0. The summed E-state index contributed by atoms with van der Waals surface area (Å²) in [4.78, 5) is 17.5. The van der Waals surface area contributed by atoms with Gasteiger partial charge in [0.25, 0.3) is 0 Å². The molecule has 6 nitrogen and oxygen atoms in total. The van der Waals surface area contributed by atoms with Gasteiger partial charge in [-0.05, 0) is 24.1 Å². The first-order valence-corrected chi connectivity index (χ1v) is 6.00. The average molecular weight is 255 g/mol. The number of aryl methyl sites for hydroxylation is 1. The van der Waals surface area contributed by atoms with Gasteiger partial charge in [-0.3, -0.25) is 4.79 Å². The van der Waals surface area contributed by atoms with Gasteiger partial charge in [0.05, 0.1) is 11.9 Å². The normalized spacial score (nSPS) is 14.4. The molecule has 1 aromatic carbocycles. The van der Waals surface area contributed by atoms with Crippen LogP contribution >= 0.6 is 0 Å². The molecule has 2 N–H and O–H groups in total. The van der Waals surface area contributed by atoms with E-state index in [1.165, 1.54) is 0 Å². The van der Waals surface area contributed by atoms with Gasteiger partial charge in [-0.25, -0.2) is 4.98 Å². The van der Waals surface area contributed by atoms with E-state index in [1.54, 1.807) is 18.1 Å². The number of carbonyl (C=O) groups is 1. The molecule has 96 valence electrons. The van der Waals surface area contributed by atoms with E-state index in [1.807, 2.05) is 18.2 Å². The van der Waals surface area contributed by atoms with Crippen LogP contribution in [0.3, 0.4) is 0 Å². The number of fused-ring (bicyclic) bond motifs is 1. The molecule has 1 aliphatic rings. The lowest BCUT2D eigenvalue weighted by molar-refractivity contribution is -0.118. The Kier molecular flexibility index (Phi) is 2.63. The molecule has 0 spiro atoms. The lowest BCUT2D eigenvalue weighted by Gasteiger charge is -2.26. The minimum absolute atomic E-state index is 0.146. The lowest BCUT2D eigenvalue weighted by atomic mass is 9.98. The molecule has 0 saturated carbocycles. The van der Waals surface area contributed by atoms with E-state index >= 15 is 0 Å². The number of hydrogen-bond donors (Lipinski definition) is 1. The first kappa shape index (κ1) is 11.6. The van der Waals surface area contributed by atoms with E-state index in [0.29, 0.717) is 12.1 Å². The van der Waals surface area contributed by atoms with Crippen LogP contribution in [-0.4, -0.2) is 28.1 Å². The highest BCUT2D eigenvalue weighted by Crippen LogP contribution is 2.30. The summed E-state index contributed by atoms with van der Waals surface area (Å²) >= 11 is 0. The van der Waals surface area contributed by atoms with E-state index in [2.05, 4.69) is 15.2 Å². The molecular weight excluding hydrogens is 242 g/mol. The van der Waals surface area contributed by atoms with E-state index in [9.17, 15) is 4.79 Å². The van der Waals surface area contributed by atoms with Crippen molar-refractivity contribution in [1.29, 1.82) is 0 Å². The fraction of sp³-hybridized carbons (Fsp3) is 0.231. The van der Waals surface area contributed by atoms with Crippen LogP contribution in [0.25, 0.3) is 11.3 Å². The minimum Gasteiger partial charge on any atom is -0.366 e. The summed E-state index contributed by atoms with van der Waals surface area (Å²) < 4.78 is 0. The van der Waals surface area contributed by atoms with Crippen LogP contribution in [0.1, 0.15) is 12.0 Å². The summed E-state index contributed by atoms with van der Waals surface area (Å²) in [5.74, 6) is 0.302. The molecule has 0 fully saturated rings. The Bertz CT molecular complexity index is 655. The van der Waals surface area contributed by atoms with Gasteiger partial charge in [-0.1, -0.05) is 6.07 Å². The number of carbonyl (C=O) groups excluding carboxylic acids is 1. The largest absolute Gasteiger partial charge is 0.366 e. The second-order valence-electron chi connectivity index (χ2n) is 4.50. The molecule has 2 aromatic rings. The predicted octanol–water partition coefficient (Wildman–Crippen LogP) is 1.03. The predicted molar refractivity (Wildman–Crippen MR) is 71.4 cm³/mol. The van der Waals surface area contributed by atoms with Crippen molar-refractivity contribution < 1.29 is 4.79 Å². The number of benzene rings is 1. The maximum absolute atomic E-state index is 11.6. The Hall–Kier alpha value is -2.50. The van der Waals surface area contributed by atoms with Crippen LogP contribution in [-0.2, 0) is 11.2 Å². The van der Waals surface area contributed by atoms with Crippen molar-refractivity contribution in [2.24, 2.45) is 0 Å². The van der Waals surface area contributed by atoms with Crippen molar-refractivity contribution in [3.8, 4) is 11.3 Å². The third-order valence-corrected chi connectivity index (χ3v) is 3.29. The first-order chi connectivity index (χ1) is 9.15. The molecule has 1 aliphatic heterocycles. The highest BCUT2D eigenvalue weighted by Gasteiger charge is 2.21. The molecule has 0 bridgehead atoms. The zero-order chi connectivity index (χ0) is 13.4. The van der Waals surface area contributed by atoms with Crippen LogP contribution in [0.2, 0.25) is 0 Å². The van der Waals surface area contributed by atoms with Gasteiger partial charge in [0.1, 0.15) is 0 Å². The average Bonchev–Trinajstić information content (AvgIpc) is 2.43. The third-order valence-electron chi connectivity index (χ3n) is 3.29. The number of hydrogen-bond acceptors (Lipinski definition) is 5. The number of nitrogen functional groups attached to an aromatic ring is 1. The maximum atomic E-state index is 11.6. The highest BCUT2D eigenvalue weighted by atomic mass is 16.2. The van der Waals surface area contributed by atoms with Crippen LogP contribution in [0.5, 0.6) is 0 Å². The smallest absolute Gasteiger partial charge is 0.240 e. The summed E-state index contributed by atoms with van der Waals surface area (Å²) in [5.41, 5.74) is 9.25. The summed E-state index contributed by atoms with van der Waals surface area (Å²) in [7, 11) is 1.80. The molecule has 1 aromatic heterocycles. The first-order valence-electron chi connectivity index (χ1n) is 6.00. The lowest BCUT2D eigenvalue weighted by Crippen LogP contribution is -2.30. The number of amides is 1. The van der Waals surface area contributed by atoms with Gasteiger partial charge in [0.2, 0.25) is 11.9 Å². The van der Waals surface area contributed by atoms with Crippen LogP contribution in [0.15, 0.2) is 24.4 Å². The van der Waals surface area contributed by atoms with E-state index < -0.39 is 0 Å². The molecule has 19 heavy (non-hydrogen) atoms. The molecule has 6 heteroatoms. The van der Waals surface area contributed by atoms with Crippen LogP contribution in [0, 0.1) is 0 Å². The van der Waals surface area contributed by atoms with E-state index in [4.69, 9.17) is 5.73 Å². The van der Waals surface area contributed by atoms with Crippen molar-refractivity contribution in [1.82, 2.24) is 15.2 Å². The fourth-order valence-corrected chi connectivity index (χ4v) is 2.27.